The largest absolute Gasteiger partial charge is 0.312 e. The van der Waals surface area contributed by atoms with Crippen LogP contribution in [0.1, 0.15) is 51.9 Å². The van der Waals surface area contributed by atoms with Gasteiger partial charge in [-0.2, -0.15) is 0 Å². The van der Waals surface area contributed by atoms with E-state index in [0.717, 1.165) is 24.7 Å². The number of nitrogens with two attached hydrogens (primary N) is 1. The van der Waals surface area contributed by atoms with Crippen molar-refractivity contribution in [2.24, 2.45) is 17.0 Å². The number of rotatable bonds is 3. The number of hydrogen-bond acceptors (Lipinski definition) is 3. The molecule has 1 saturated carbocycles. The van der Waals surface area contributed by atoms with Gasteiger partial charge in [-0.05, 0) is 37.5 Å². The minimum absolute atomic E-state index is 0.374. The highest BCUT2D eigenvalue weighted by Crippen LogP contribution is 2.34. The molecule has 0 spiro atoms. The first kappa shape index (κ1) is 14.3. The van der Waals surface area contributed by atoms with E-state index in [2.05, 4.69) is 12.2 Å². The van der Waals surface area contributed by atoms with Crippen LogP contribution in [0.4, 0.5) is 0 Å². The normalized spacial score (nSPS) is 38.6. The number of primary sulfonamides is 1. The van der Waals surface area contributed by atoms with Crippen molar-refractivity contribution < 1.29 is 8.42 Å². The second-order valence-corrected chi connectivity index (χ2v) is 7.84. The highest BCUT2D eigenvalue weighted by molar-refractivity contribution is 7.89. The molecule has 106 valence electrons. The lowest BCUT2D eigenvalue weighted by Crippen LogP contribution is -2.50. The Morgan fingerprint density at radius 2 is 1.78 bits per heavy atom. The first-order valence-corrected chi connectivity index (χ1v) is 8.86. The van der Waals surface area contributed by atoms with Crippen LogP contribution in [0.2, 0.25) is 0 Å². The molecule has 2 fully saturated rings. The molecule has 1 aliphatic carbocycles. The Bertz CT molecular complexity index is 353. The molecule has 5 heteroatoms. The van der Waals surface area contributed by atoms with Crippen LogP contribution >= 0.6 is 0 Å². The molecule has 1 aliphatic heterocycles. The van der Waals surface area contributed by atoms with Gasteiger partial charge in [0, 0.05) is 12.6 Å². The van der Waals surface area contributed by atoms with Crippen molar-refractivity contribution in [2.75, 3.05) is 6.54 Å². The van der Waals surface area contributed by atoms with E-state index >= 15 is 0 Å². The van der Waals surface area contributed by atoms with Crippen molar-refractivity contribution in [2.45, 2.75) is 63.2 Å². The van der Waals surface area contributed by atoms with Crippen molar-refractivity contribution in [3.8, 4) is 0 Å². The number of nitrogens with one attached hydrogen (secondary N) is 1. The van der Waals surface area contributed by atoms with Gasteiger partial charge in [-0.1, -0.05) is 26.2 Å². The third-order valence-corrected chi connectivity index (χ3v) is 6.24. The van der Waals surface area contributed by atoms with E-state index in [1.807, 2.05) is 0 Å². The van der Waals surface area contributed by atoms with Crippen LogP contribution in [0.3, 0.4) is 0 Å². The highest BCUT2D eigenvalue weighted by Gasteiger charge is 2.33. The average molecular weight is 274 g/mol. The van der Waals surface area contributed by atoms with E-state index in [-0.39, 0.29) is 5.25 Å². The van der Waals surface area contributed by atoms with E-state index in [1.54, 1.807) is 0 Å². The van der Waals surface area contributed by atoms with Crippen LogP contribution in [0.25, 0.3) is 0 Å². The van der Waals surface area contributed by atoms with E-state index in [0.29, 0.717) is 12.6 Å². The summed E-state index contributed by atoms with van der Waals surface area (Å²) in [6, 6.07) is 0.515. The average Bonchev–Trinajstić information content (AvgIpc) is 2.38. The van der Waals surface area contributed by atoms with Gasteiger partial charge >= 0.3 is 0 Å². The lowest BCUT2D eigenvalue weighted by molar-refractivity contribution is 0.197. The summed E-state index contributed by atoms with van der Waals surface area (Å²) in [6.07, 6.45) is 8.29. The lowest BCUT2D eigenvalue weighted by Gasteiger charge is -2.38. The molecule has 0 aromatic rings. The molecule has 0 bridgehead atoms. The smallest absolute Gasteiger partial charge is 0.213 e. The second kappa shape index (κ2) is 5.88. The second-order valence-electron chi connectivity index (χ2n) is 5.99. The Kier molecular flexibility index (Phi) is 4.67. The fourth-order valence-corrected chi connectivity index (χ4v) is 4.33. The molecule has 4 nitrogen and oxygen atoms in total. The fourth-order valence-electron chi connectivity index (χ4n) is 3.53. The third-order valence-electron chi connectivity index (χ3n) is 4.91. The topological polar surface area (TPSA) is 72.2 Å². The van der Waals surface area contributed by atoms with Gasteiger partial charge in [-0.25, -0.2) is 13.6 Å². The molecule has 2 aliphatic rings. The van der Waals surface area contributed by atoms with E-state index in [4.69, 9.17) is 5.14 Å². The Morgan fingerprint density at radius 3 is 2.22 bits per heavy atom. The van der Waals surface area contributed by atoms with E-state index in [1.165, 1.54) is 32.1 Å². The van der Waals surface area contributed by atoms with Crippen LogP contribution in [-0.2, 0) is 10.0 Å². The van der Waals surface area contributed by atoms with Gasteiger partial charge in [0.2, 0.25) is 10.0 Å². The molecular formula is C13H26N2O2S. The monoisotopic (exact) mass is 274 g/mol. The predicted octanol–water partition coefficient (Wildman–Crippen LogP) is 1.61. The first-order chi connectivity index (χ1) is 8.50. The Balaban J connectivity index is 1.80. The lowest BCUT2D eigenvalue weighted by atomic mass is 9.76. The van der Waals surface area contributed by atoms with Crippen molar-refractivity contribution >= 4 is 10.0 Å². The van der Waals surface area contributed by atoms with Crippen molar-refractivity contribution in [3.63, 3.8) is 0 Å². The van der Waals surface area contributed by atoms with Gasteiger partial charge in [0.15, 0.2) is 0 Å². The highest BCUT2D eigenvalue weighted by atomic mass is 32.2. The molecule has 3 N–H and O–H groups in total. The molecule has 0 aromatic carbocycles. The van der Waals surface area contributed by atoms with Crippen LogP contribution in [0, 0.1) is 11.8 Å². The van der Waals surface area contributed by atoms with Crippen LogP contribution < -0.4 is 10.5 Å². The summed E-state index contributed by atoms with van der Waals surface area (Å²) in [5, 5.41) is 8.25. The molecule has 2 unspecified atom stereocenters. The zero-order chi connectivity index (χ0) is 13.2. The van der Waals surface area contributed by atoms with Crippen LogP contribution in [-0.4, -0.2) is 26.3 Å². The Hall–Kier alpha value is -0.130. The third kappa shape index (κ3) is 3.45. The fraction of sp³-hybridized carbons (Fsp3) is 1.00. The Labute approximate surface area is 111 Å². The standard InChI is InChI=1S/C13H26N2O2S/c1-2-10-3-5-11(6-4-10)13-8-7-12(9-15-13)18(14,16)17/h10-13,15H,2-9H2,1H3,(H2,14,16,17). The minimum atomic E-state index is -3.36. The van der Waals surface area contributed by atoms with Gasteiger partial charge < -0.3 is 5.32 Å². The van der Waals surface area contributed by atoms with Gasteiger partial charge in [-0.3, -0.25) is 0 Å². The van der Waals surface area contributed by atoms with Crippen LogP contribution in [0.5, 0.6) is 0 Å². The predicted molar refractivity (Wildman–Crippen MR) is 73.7 cm³/mol. The maximum atomic E-state index is 11.3. The zero-order valence-corrected chi connectivity index (χ0v) is 12.1. The van der Waals surface area contributed by atoms with Gasteiger partial charge in [0.25, 0.3) is 0 Å². The molecule has 0 radical (unpaired) electrons. The van der Waals surface area contributed by atoms with Crippen molar-refractivity contribution in [1.82, 2.24) is 5.32 Å². The number of piperidine rings is 1. The summed E-state index contributed by atoms with van der Waals surface area (Å²) in [6.45, 7) is 2.82. The van der Waals surface area contributed by atoms with Crippen molar-refractivity contribution in [3.05, 3.63) is 0 Å². The molecular weight excluding hydrogens is 248 g/mol. The Morgan fingerprint density at radius 1 is 1.11 bits per heavy atom. The summed E-state index contributed by atoms with van der Waals surface area (Å²) >= 11 is 0. The molecule has 2 rings (SSSR count). The maximum absolute atomic E-state index is 11.3. The van der Waals surface area contributed by atoms with E-state index in [9.17, 15) is 8.42 Å². The number of hydrogen-bond donors (Lipinski definition) is 2. The summed E-state index contributed by atoms with van der Waals surface area (Å²) in [4.78, 5) is 0. The molecule has 1 saturated heterocycles. The maximum Gasteiger partial charge on any atom is 0.213 e. The number of sulfonamides is 1. The molecule has 1 heterocycles. The summed E-state index contributed by atoms with van der Waals surface area (Å²) in [5.41, 5.74) is 0. The van der Waals surface area contributed by atoms with Gasteiger partial charge in [0.05, 0.1) is 5.25 Å². The summed E-state index contributed by atoms with van der Waals surface area (Å²) < 4.78 is 22.6. The van der Waals surface area contributed by atoms with Crippen LogP contribution in [0.15, 0.2) is 0 Å². The zero-order valence-electron chi connectivity index (χ0n) is 11.3. The van der Waals surface area contributed by atoms with Gasteiger partial charge in [-0.15, -0.1) is 0 Å². The van der Waals surface area contributed by atoms with E-state index < -0.39 is 10.0 Å². The SMILES string of the molecule is CCC1CCC(C2CCC(S(N)(=O)=O)CN2)CC1. The minimum Gasteiger partial charge on any atom is -0.312 e. The van der Waals surface area contributed by atoms with Crippen molar-refractivity contribution in [1.29, 1.82) is 0 Å². The summed E-state index contributed by atoms with van der Waals surface area (Å²) in [7, 11) is -3.36. The quantitative estimate of drug-likeness (QED) is 0.821. The summed E-state index contributed by atoms with van der Waals surface area (Å²) in [5.74, 6) is 1.66. The van der Waals surface area contributed by atoms with Gasteiger partial charge in [0.1, 0.15) is 0 Å². The molecule has 18 heavy (non-hydrogen) atoms. The molecule has 2 atom stereocenters. The molecule has 0 aromatic heterocycles. The first-order valence-electron chi connectivity index (χ1n) is 7.25. The molecule has 0 amide bonds.